The normalized spacial score (nSPS) is 10.9. The zero-order valence-corrected chi connectivity index (χ0v) is 16.6. The number of aryl methyl sites for hydroxylation is 1. The van der Waals surface area contributed by atoms with Gasteiger partial charge in [-0.25, -0.2) is 4.98 Å². The van der Waals surface area contributed by atoms with Gasteiger partial charge >= 0.3 is 0 Å². The Morgan fingerprint density at radius 1 is 0.964 bits per heavy atom. The quantitative estimate of drug-likeness (QED) is 0.504. The predicted octanol–water partition coefficient (Wildman–Crippen LogP) is 5.05. The molecule has 0 bridgehead atoms. The second-order valence-corrected chi connectivity index (χ2v) is 8.04. The minimum absolute atomic E-state index is 0.0345. The summed E-state index contributed by atoms with van der Waals surface area (Å²) >= 11 is 1.64. The summed E-state index contributed by atoms with van der Waals surface area (Å²) in [5.41, 5.74) is 3.33. The third kappa shape index (κ3) is 4.29. The lowest BCUT2D eigenvalue weighted by molar-refractivity contribution is -0.120. The third-order valence-corrected chi connectivity index (χ3v) is 5.97. The van der Waals surface area contributed by atoms with E-state index in [0.717, 1.165) is 27.6 Å². The van der Waals surface area contributed by atoms with Crippen LogP contribution in [0, 0.1) is 6.92 Å². The van der Waals surface area contributed by atoms with E-state index in [4.69, 9.17) is 4.98 Å². The van der Waals surface area contributed by atoms with Gasteiger partial charge in [-0.3, -0.25) is 4.79 Å². The summed E-state index contributed by atoms with van der Waals surface area (Å²) in [5.74, 6) is 0.0345. The lowest BCUT2D eigenvalue weighted by Crippen LogP contribution is -2.24. The van der Waals surface area contributed by atoms with Crippen LogP contribution in [-0.2, 0) is 24.2 Å². The van der Waals surface area contributed by atoms with E-state index in [9.17, 15) is 4.79 Å². The van der Waals surface area contributed by atoms with E-state index in [0.29, 0.717) is 13.0 Å². The molecule has 3 nitrogen and oxygen atoms in total. The van der Waals surface area contributed by atoms with Gasteiger partial charge in [-0.2, -0.15) is 0 Å². The number of fused-ring (bicyclic) bond motifs is 1. The van der Waals surface area contributed by atoms with Crippen LogP contribution in [0.15, 0.2) is 72.8 Å². The smallest absolute Gasteiger partial charge is 0.225 e. The summed E-state index contributed by atoms with van der Waals surface area (Å²) in [6.07, 6.45) is 1.17. The number of amides is 1. The van der Waals surface area contributed by atoms with E-state index >= 15 is 0 Å². The Kier molecular flexibility index (Phi) is 5.49. The Morgan fingerprint density at radius 3 is 2.57 bits per heavy atom. The van der Waals surface area contributed by atoms with Gasteiger partial charge in [0.05, 0.1) is 17.1 Å². The highest BCUT2D eigenvalue weighted by Gasteiger charge is 2.13. The van der Waals surface area contributed by atoms with Gasteiger partial charge in [0.1, 0.15) is 0 Å². The molecular formula is C24H22N2OS. The molecule has 1 heterocycles. The van der Waals surface area contributed by atoms with E-state index in [-0.39, 0.29) is 5.91 Å². The molecule has 0 atom stereocenters. The highest BCUT2D eigenvalue weighted by Crippen LogP contribution is 2.25. The van der Waals surface area contributed by atoms with E-state index in [1.165, 1.54) is 16.3 Å². The molecule has 4 heteroatoms. The maximum atomic E-state index is 12.3. The molecular weight excluding hydrogens is 364 g/mol. The second kappa shape index (κ2) is 8.36. The fourth-order valence-corrected chi connectivity index (χ4v) is 4.43. The highest BCUT2D eigenvalue weighted by atomic mass is 32.1. The van der Waals surface area contributed by atoms with E-state index < -0.39 is 0 Å². The van der Waals surface area contributed by atoms with Crippen molar-refractivity contribution in [2.75, 3.05) is 0 Å². The average Bonchev–Trinajstić information content (AvgIpc) is 3.06. The van der Waals surface area contributed by atoms with Crippen molar-refractivity contribution in [3.63, 3.8) is 0 Å². The van der Waals surface area contributed by atoms with Gasteiger partial charge in [-0.15, -0.1) is 11.3 Å². The Bertz CT molecular complexity index is 1100. The van der Waals surface area contributed by atoms with Crippen LogP contribution in [0.1, 0.15) is 26.7 Å². The molecule has 3 aromatic carbocycles. The van der Waals surface area contributed by atoms with E-state index in [1.807, 2.05) is 37.3 Å². The average molecular weight is 387 g/mol. The van der Waals surface area contributed by atoms with Crippen molar-refractivity contribution in [2.24, 2.45) is 0 Å². The van der Waals surface area contributed by atoms with Crippen LogP contribution < -0.4 is 5.32 Å². The fourth-order valence-electron chi connectivity index (χ4n) is 3.34. The number of hydrogen-bond acceptors (Lipinski definition) is 3. The standard InChI is InChI=1S/C24H22N2OS/c1-17-22(15-23(27)25-16-18-8-3-2-4-9-18)28-24(26-17)14-20-12-7-11-19-10-5-6-13-21(19)20/h2-13H,14-16H2,1H3,(H,25,27). The predicted molar refractivity (Wildman–Crippen MR) is 116 cm³/mol. The molecule has 1 N–H and O–H groups in total. The molecule has 0 aliphatic rings. The number of nitrogens with one attached hydrogen (secondary N) is 1. The van der Waals surface area contributed by atoms with E-state index in [2.05, 4.69) is 47.8 Å². The van der Waals surface area contributed by atoms with E-state index in [1.54, 1.807) is 11.3 Å². The molecule has 0 saturated carbocycles. The summed E-state index contributed by atoms with van der Waals surface area (Å²) in [6.45, 7) is 2.54. The third-order valence-electron chi connectivity index (χ3n) is 4.81. The lowest BCUT2D eigenvalue weighted by atomic mass is 10.0. The molecule has 1 aromatic heterocycles. The molecule has 28 heavy (non-hydrogen) atoms. The van der Waals surface area contributed by atoms with Crippen LogP contribution in [0.25, 0.3) is 10.8 Å². The van der Waals surface area contributed by atoms with Gasteiger partial charge in [0, 0.05) is 17.8 Å². The van der Waals surface area contributed by atoms with Crippen molar-refractivity contribution < 1.29 is 4.79 Å². The van der Waals surface area contributed by atoms with Crippen molar-refractivity contribution in [3.05, 3.63) is 99.5 Å². The van der Waals surface area contributed by atoms with Gasteiger partial charge in [-0.1, -0.05) is 72.8 Å². The fraction of sp³-hybridized carbons (Fsp3) is 0.167. The molecule has 4 rings (SSSR count). The molecule has 0 unspecified atom stereocenters. The van der Waals surface area contributed by atoms with Gasteiger partial charge < -0.3 is 5.32 Å². The van der Waals surface area contributed by atoms with Crippen molar-refractivity contribution in [2.45, 2.75) is 26.3 Å². The summed E-state index contributed by atoms with van der Waals surface area (Å²) in [4.78, 5) is 18.1. The summed E-state index contributed by atoms with van der Waals surface area (Å²) < 4.78 is 0. The van der Waals surface area contributed by atoms with Crippen LogP contribution in [0.3, 0.4) is 0 Å². The maximum Gasteiger partial charge on any atom is 0.225 e. The number of carbonyl (C=O) groups excluding carboxylic acids is 1. The summed E-state index contributed by atoms with van der Waals surface area (Å²) in [6, 6.07) is 24.8. The first-order chi connectivity index (χ1) is 13.7. The van der Waals surface area contributed by atoms with Crippen molar-refractivity contribution in [1.29, 1.82) is 0 Å². The van der Waals surface area contributed by atoms with Crippen molar-refractivity contribution >= 4 is 28.0 Å². The zero-order valence-electron chi connectivity index (χ0n) is 15.8. The molecule has 0 radical (unpaired) electrons. The first-order valence-electron chi connectivity index (χ1n) is 9.41. The number of thiazole rings is 1. The number of benzene rings is 3. The molecule has 4 aromatic rings. The first kappa shape index (κ1) is 18.4. The summed E-state index contributed by atoms with van der Waals surface area (Å²) in [7, 11) is 0. The Labute approximate surface area is 169 Å². The number of aromatic nitrogens is 1. The van der Waals surface area contributed by atoms with Crippen LogP contribution in [0.4, 0.5) is 0 Å². The molecule has 140 valence electrons. The lowest BCUT2D eigenvalue weighted by Gasteiger charge is -2.05. The molecule has 0 saturated heterocycles. The minimum Gasteiger partial charge on any atom is -0.352 e. The molecule has 1 amide bonds. The number of hydrogen-bond donors (Lipinski definition) is 1. The second-order valence-electron chi connectivity index (χ2n) is 6.87. The van der Waals surface area contributed by atoms with Gasteiger partial charge in [-0.05, 0) is 28.8 Å². The monoisotopic (exact) mass is 386 g/mol. The van der Waals surface area contributed by atoms with Gasteiger partial charge in [0.2, 0.25) is 5.91 Å². The van der Waals surface area contributed by atoms with Crippen molar-refractivity contribution in [3.8, 4) is 0 Å². The zero-order chi connectivity index (χ0) is 19.3. The maximum absolute atomic E-state index is 12.3. The summed E-state index contributed by atoms with van der Waals surface area (Å²) in [5, 5.41) is 6.56. The molecule has 0 aliphatic heterocycles. The molecule has 0 aliphatic carbocycles. The SMILES string of the molecule is Cc1nc(Cc2cccc3ccccc23)sc1CC(=O)NCc1ccccc1. The Morgan fingerprint density at radius 2 is 1.71 bits per heavy atom. The largest absolute Gasteiger partial charge is 0.352 e. The molecule has 0 fully saturated rings. The number of nitrogens with zero attached hydrogens (tertiary/aromatic N) is 1. The van der Waals surface area contributed by atoms with Crippen molar-refractivity contribution in [1.82, 2.24) is 10.3 Å². The van der Waals surface area contributed by atoms with Gasteiger partial charge in [0.25, 0.3) is 0 Å². The van der Waals surface area contributed by atoms with Gasteiger partial charge in [0.15, 0.2) is 0 Å². The van der Waals surface area contributed by atoms with Crippen LogP contribution >= 0.6 is 11.3 Å². The number of rotatable bonds is 6. The molecule has 0 spiro atoms. The Hall–Kier alpha value is -2.98. The van der Waals surface area contributed by atoms with Crippen LogP contribution in [0.5, 0.6) is 0 Å². The highest BCUT2D eigenvalue weighted by molar-refractivity contribution is 7.11. The topological polar surface area (TPSA) is 42.0 Å². The minimum atomic E-state index is 0.0345. The first-order valence-corrected chi connectivity index (χ1v) is 10.2. The van der Waals surface area contributed by atoms with Crippen LogP contribution in [-0.4, -0.2) is 10.9 Å². The number of carbonyl (C=O) groups is 1. The Balaban J connectivity index is 1.44. The van der Waals surface area contributed by atoms with Crippen LogP contribution in [0.2, 0.25) is 0 Å².